The van der Waals surface area contributed by atoms with Crippen LogP contribution in [0.3, 0.4) is 0 Å². The third-order valence-electron chi connectivity index (χ3n) is 9.36. The molecule has 0 fully saturated rings. The molecule has 8 aromatic heterocycles. The molecule has 8 aromatic rings. The van der Waals surface area contributed by atoms with E-state index in [2.05, 4.69) is 51.3 Å². The molecule has 0 saturated heterocycles. The molecule has 0 aliphatic rings. The van der Waals surface area contributed by atoms with Gasteiger partial charge in [-0.15, -0.1) is 0 Å². The Morgan fingerprint density at radius 2 is 1.11 bits per heavy atom. The third kappa shape index (κ3) is 14.9. The van der Waals surface area contributed by atoms with E-state index in [9.17, 15) is 14.4 Å². The van der Waals surface area contributed by atoms with Crippen molar-refractivity contribution in [3.63, 3.8) is 0 Å². The SMILES string of the molecule is Cc1ccnc(-c2cc(CCCCNC(=O)CCCc3nc4c([nH]3)c(=O)n(C)c(=O)n4C)ccn2)c1.[Cl-].[Cl-].[Ru+2].c1ccc(-c2ccccn2)nc1.c1ccc(-c2ccccn2)nc1. The van der Waals surface area contributed by atoms with E-state index >= 15 is 0 Å². The predicted molar refractivity (Wildman–Crippen MR) is 233 cm³/mol. The van der Waals surface area contributed by atoms with E-state index in [4.69, 9.17) is 0 Å². The number of rotatable bonds is 12. The van der Waals surface area contributed by atoms with Crippen molar-refractivity contribution in [3.05, 3.63) is 172 Å². The molecular weight excluding hydrogens is 927 g/mol. The minimum absolute atomic E-state index is 0. The molecule has 0 unspecified atom stereocenters. The Morgan fingerprint density at radius 1 is 0.603 bits per heavy atom. The number of hydrogen-bond donors (Lipinski definition) is 2. The maximum atomic E-state index is 12.3. The van der Waals surface area contributed by atoms with Crippen molar-refractivity contribution < 1.29 is 49.1 Å². The van der Waals surface area contributed by atoms with Crippen LogP contribution in [0.2, 0.25) is 0 Å². The topological polar surface area (TPSA) is 179 Å². The zero-order valence-electron chi connectivity index (χ0n) is 35.0. The fraction of sp³-hybridized carbons (Fsp3) is 0.217. The molecule has 0 aliphatic carbocycles. The molecular formula is C46H47Cl2N11O3Ru. The fourth-order valence-electron chi connectivity index (χ4n) is 6.18. The van der Waals surface area contributed by atoms with Crippen LogP contribution in [0.25, 0.3) is 45.3 Å². The molecule has 326 valence electrons. The van der Waals surface area contributed by atoms with E-state index in [-0.39, 0.29) is 50.2 Å². The molecule has 1 amide bonds. The van der Waals surface area contributed by atoms with Crippen LogP contribution in [0.1, 0.15) is 42.6 Å². The normalized spacial score (nSPS) is 10.1. The maximum absolute atomic E-state index is 12.3. The summed E-state index contributed by atoms with van der Waals surface area (Å²) in [7, 11) is 3.02. The second kappa shape index (κ2) is 26.3. The molecule has 2 N–H and O–H groups in total. The Balaban J connectivity index is 0.000000318. The first-order chi connectivity index (χ1) is 29.3. The summed E-state index contributed by atoms with van der Waals surface area (Å²) in [5, 5.41) is 2.97. The molecule has 17 heteroatoms. The second-order valence-corrected chi connectivity index (χ2v) is 13.9. The first kappa shape index (κ1) is 51.1. The van der Waals surface area contributed by atoms with Gasteiger partial charge in [0.2, 0.25) is 5.91 Å². The summed E-state index contributed by atoms with van der Waals surface area (Å²) < 4.78 is 2.39. The quantitative estimate of drug-likeness (QED) is 0.129. The van der Waals surface area contributed by atoms with Crippen LogP contribution in [0.5, 0.6) is 0 Å². The summed E-state index contributed by atoms with van der Waals surface area (Å²) in [5.41, 5.74) is 7.57. The molecule has 0 aliphatic heterocycles. The van der Waals surface area contributed by atoms with Crippen molar-refractivity contribution in [2.24, 2.45) is 14.1 Å². The summed E-state index contributed by atoms with van der Waals surface area (Å²) >= 11 is 0. The Labute approximate surface area is 390 Å². The van der Waals surface area contributed by atoms with Crippen LogP contribution in [0.4, 0.5) is 0 Å². The summed E-state index contributed by atoms with van der Waals surface area (Å²) in [6, 6.07) is 31.3. The van der Waals surface area contributed by atoms with Gasteiger partial charge in [0.1, 0.15) is 11.3 Å². The first-order valence-corrected chi connectivity index (χ1v) is 19.7. The Bertz CT molecular complexity index is 2570. The number of carbonyl (C=O) groups is 1. The van der Waals surface area contributed by atoms with Crippen LogP contribution < -0.4 is 41.4 Å². The van der Waals surface area contributed by atoms with Gasteiger partial charge in [0.05, 0.1) is 34.2 Å². The Kier molecular flexibility index (Phi) is 21.3. The number of pyridine rings is 6. The number of amides is 1. The van der Waals surface area contributed by atoms with Gasteiger partial charge < -0.3 is 35.1 Å². The van der Waals surface area contributed by atoms with Crippen LogP contribution in [0, 0.1) is 6.92 Å². The number of nitrogens with one attached hydrogen (secondary N) is 2. The number of fused-ring (bicyclic) bond motifs is 1. The van der Waals surface area contributed by atoms with Gasteiger partial charge in [-0.2, -0.15) is 0 Å². The van der Waals surface area contributed by atoms with E-state index in [1.165, 1.54) is 17.2 Å². The van der Waals surface area contributed by atoms with Crippen LogP contribution in [-0.4, -0.2) is 61.5 Å². The zero-order chi connectivity index (χ0) is 42.1. The molecule has 0 atom stereocenters. The average molecular weight is 974 g/mol. The number of H-pyrrole nitrogens is 1. The minimum atomic E-state index is -0.419. The Hall–Kier alpha value is -6.28. The minimum Gasteiger partial charge on any atom is -1.00 e. The largest absolute Gasteiger partial charge is 2.00 e. The molecule has 0 bridgehead atoms. The first-order valence-electron chi connectivity index (χ1n) is 19.7. The van der Waals surface area contributed by atoms with Gasteiger partial charge in [-0.05, 0) is 117 Å². The number of aromatic nitrogens is 10. The predicted octanol–water partition coefficient (Wildman–Crippen LogP) is 0.480. The number of hydrogen-bond acceptors (Lipinski definition) is 10. The molecule has 63 heavy (non-hydrogen) atoms. The fourth-order valence-corrected chi connectivity index (χ4v) is 6.18. The van der Waals surface area contributed by atoms with Gasteiger partial charge in [0.15, 0.2) is 5.65 Å². The van der Waals surface area contributed by atoms with Crippen molar-refractivity contribution >= 4 is 17.1 Å². The number of unbranched alkanes of at least 4 members (excludes halogenated alkanes) is 1. The van der Waals surface area contributed by atoms with E-state index in [0.717, 1.165) is 63.6 Å². The van der Waals surface area contributed by atoms with Gasteiger partial charge in [-0.1, -0.05) is 24.3 Å². The number of nitrogens with zero attached hydrogens (tertiary/aromatic N) is 9. The van der Waals surface area contributed by atoms with Crippen LogP contribution >= 0.6 is 0 Å². The van der Waals surface area contributed by atoms with Crippen molar-refractivity contribution in [2.45, 2.75) is 45.4 Å². The van der Waals surface area contributed by atoms with E-state index in [0.29, 0.717) is 42.8 Å². The smallest absolute Gasteiger partial charge is 1.00 e. The van der Waals surface area contributed by atoms with Crippen LogP contribution in [0.15, 0.2) is 144 Å². The van der Waals surface area contributed by atoms with Crippen molar-refractivity contribution in [1.82, 2.24) is 54.3 Å². The molecule has 14 nitrogen and oxygen atoms in total. The number of imidazole rings is 1. The van der Waals surface area contributed by atoms with Gasteiger partial charge >= 0.3 is 25.2 Å². The molecule has 0 saturated carbocycles. The van der Waals surface area contributed by atoms with E-state index < -0.39 is 11.2 Å². The summed E-state index contributed by atoms with van der Waals surface area (Å²) in [4.78, 5) is 69.5. The maximum Gasteiger partial charge on any atom is 2.00 e. The molecule has 8 rings (SSSR count). The number of halogens is 2. The standard InChI is InChI=1S/C26H31N7O3.2C10H8N2.2ClH.Ru/c1-17-10-13-27-19(15-17)20-16-18(11-14-28-20)7-4-5-12-29-22(34)9-6-8-21-30-23-24(31-21)32(2)26(36)33(3)25(23)35;2*1-3-7-11-9(5-1)10-6-2-4-8-12-10;;;/h10-11,13-16H,4-9,12H2,1-3H3,(H,29,34)(H,30,31);2*1-8H;2*1H;/q;;;;;+2/p-2. The molecule has 0 aromatic carbocycles. The van der Waals surface area contributed by atoms with Gasteiger partial charge in [-0.3, -0.25) is 48.6 Å². The van der Waals surface area contributed by atoms with Crippen molar-refractivity contribution in [1.29, 1.82) is 0 Å². The van der Waals surface area contributed by atoms with Crippen molar-refractivity contribution in [3.8, 4) is 34.2 Å². The van der Waals surface area contributed by atoms with E-state index in [1.807, 2.05) is 104 Å². The molecule has 0 radical (unpaired) electrons. The monoisotopic (exact) mass is 973 g/mol. The van der Waals surface area contributed by atoms with Crippen LogP contribution in [-0.2, 0) is 51.2 Å². The Morgan fingerprint density at radius 3 is 1.62 bits per heavy atom. The van der Waals surface area contributed by atoms with E-state index in [1.54, 1.807) is 38.0 Å². The summed E-state index contributed by atoms with van der Waals surface area (Å²) in [5.74, 6) is 0.583. The third-order valence-corrected chi connectivity index (χ3v) is 9.36. The second-order valence-electron chi connectivity index (χ2n) is 13.9. The van der Waals surface area contributed by atoms with Gasteiger partial charge in [0.25, 0.3) is 5.56 Å². The molecule has 0 spiro atoms. The zero-order valence-corrected chi connectivity index (χ0v) is 38.3. The summed E-state index contributed by atoms with van der Waals surface area (Å²) in [6.45, 7) is 2.66. The number of aryl methyl sites for hydroxylation is 4. The van der Waals surface area contributed by atoms with Crippen molar-refractivity contribution in [2.75, 3.05) is 6.54 Å². The number of carbonyl (C=O) groups excluding carboxylic acids is 1. The van der Waals surface area contributed by atoms with Gasteiger partial charge in [-0.25, -0.2) is 9.78 Å². The molecule has 8 heterocycles. The summed E-state index contributed by atoms with van der Waals surface area (Å²) in [6.07, 6.45) is 14.9. The van der Waals surface area contributed by atoms with Gasteiger partial charge in [0, 0.05) is 70.7 Å². The number of aromatic amines is 1. The average Bonchev–Trinajstić information content (AvgIpc) is 3.74.